The van der Waals surface area contributed by atoms with Gasteiger partial charge in [0.1, 0.15) is 11.6 Å². The number of nitrogens with one attached hydrogen (secondary N) is 2. The fourth-order valence-electron chi connectivity index (χ4n) is 2.06. The predicted molar refractivity (Wildman–Crippen MR) is 95.0 cm³/mol. The summed E-state index contributed by atoms with van der Waals surface area (Å²) in [6.07, 6.45) is 0.726. The number of hydrogen-bond acceptors (Lipinski definition) is 5. The summed E-state index contributed by atoms with van der Waals surface area (Å²) in [7, 11) is 0. The largest absolute Gasteiger partial charge is 0.454 e. The normalized spacial score (nSPS) is 10.4. The van der Waals surface area contributed by atoms with Crippen molar-refractivity contribution < 1.29 is 9.21 Å². The number of amides is 1. The highest BCUT2D eigenvalue weighted by Crippen LogP contribution is 2.14. The highest BCUT2D eigenvalue weighted by Gasteiger charge is 2.08. The van der Waals surface area contributed by atoms with Crippen molar-refractivity contribution in [3.05, 3.63) is 70.7 Å². The lowest BCUT2D eigenvalue weighted by Gasteiger charge is -2.06. The number of carbonyl (C=O) groups is 1. The zero-order valence-corrected chi connectivity index (χ0v) is 14.3. The fraction of sp³-hybridized carbons (Fsp3) is 0.118. The first-order valence-electron chi connectivity index (χ1n) is 7.39. The van der Waals surface area contributed by atoms with Crippen LogP contribution in [0.25, 0.3) is 0 Å². The van der Waals surface area contributed by atoms with E-state index in [-0.39, 0.29) is 11.6 Å². The Morgan fingerprint density at radius 1 is 1.04 bits per heavy atom. The monoisotopic (exact) mass is 386 g/mol. The van der Waals surface area contributed by atoms with Crippen LogP contribution >= 0.6 is 15.9 Å². The Morgan fingerprint density at radius 2 is 1.88 bits per heavy atom. The number of halogens is 1. The van der Waals surface area contributed by atoms with Gasteiger partial charge in [0.2, 0.25) is 0 Å². The average molecular weight is 387 g/mol. The van der Waals surface area contributed by atoms with Gasteiger partial charge in [0.05, 0.1) is 0 Å². The predicted octanol–water partition coefficient (Wildman–Crippen LogP) is 3.74. The van der Waals surface area contributed by atoms with Crippen LogP contribution in [-0.2, 0) is 6.42 Å². The summed E-state index contributed by atoms with van der Waals surface area (Å²) >= 11 is 3.27. The Hall–Kier alpha value is -2.67. The van der Waals surface area contributed by atoms with Crippen LogP contribution in [0.1, 0.15) is 16.2 Å². The molecule has 1 amide bonds. The summed E-state index contributed by atoms with van der Waals surface area (Å²) in [5, 5.41) is 13.9. The molecule has 0 aliphatic heterocycles. The second-order valence-corrected chi connectivity index (χ2v) is 5.79. The SMILES string of the molecule is O=C(Nc1ccccc1)c1ccc(NCCc2ccc(Br)o2)nn1. The van der Waals surface area contributed by atoms with E-state index >= 15 is 0 Å². The van der Waals surface area contributed by atoms with Crippen molar-refractivity contribution >= 4 is 33.3 Å². The molecule has 7 heteroatoms. The van der Waals surface area contributed by atoms with Gasteiger partial charge in [0, 0.05) is 18.7 Å². The third-order valence-electron chi connectivity index (χ3n) is 3.24. The molecular formula is C17H15BrN4O2. The first-order valence-corrected chi connectivity index (χ1v) is 8.18. The molecule has 3 aromatic rings. The van der Waals surface area contributed by atoms with Crippen LogP contribution in [-0.4, -0.2) is 22.6 Å². The van der Waals surface area contributed by atoms with E-state index in [2.05, 4.69) is 36.8 Å². The van der Waals surface area contributed by atoms with Gasteiger partial charge in [-0.2, -0.15) is 0 Å². The van der Waals surface area contributed by atoms with Crippen LogP contribution in [0.2, 0.25) is 0 Å². The Bertz CT molecular complexity index is 803. The Labute approximate surface area is 147 Å². The van der Waals surface area contributed by atoms with Crippen molar-refractivity contribution in [3.8, 4) is 0 Å². The number of furan rings is 1. The number of rotatable bonds is 6. The van der Waals surface area contributed by atoms with E-state index in [1.54, 1.807) is 12.1 Å². The molecule has 2 N–H and O–H groups in total. The smallest absolute Gasteiger partial charge is 0.276 e. The Kier molecular flexibility index (Phi) is 5.22. The van der Waals surface area contributed by atoms with Crippen molar-refractivity contribution in [3.63, 3.8) is 0 Å². The molecule has 2 heterocycles. The highest BCUT2D eigenvalue weighted by molar-refractivity contribution is 9.10. The van der Waals surface area contributed by atoms with Gasteiger partial charge in [-0.05, 0) is 52.3 Å². The van der Waals surface area contributed by atoms with Crippen LogP contribution in [0, 0.1) is 0 Å². The van der Waals surface area contributed by atoms with Crippen LogP contribution in [0.5, 0.6) is 0 Å². The molecule has 0 aliphatic rings. The number of anilines is 2. The molecule has 0 saturated heterocycles. The van der Waals surface area contributed by atoms with Gasteiger partial charge in [0.15, 0.2) is 10.4 Å². The average Bonchev–Trinajstić information content (AvgIpc) is 3.02. The number of para-hydroxylation sites is 1. The van der Waals surface area contributed by atoms with E-state index in [0.717, 1.165) is 17.9 Å². The van der Waals surface area contributed by atoms with Crippen molar-refractivity contribution in [1.29, 1.82) is 0 Å². The van der Waals surface area contributed by atoms with E-state index in [9.17, 15) is 4.79 Å². The summed E-state index contributed by atoms with van der Waals surface area (Å²) in [5.74, 6) is 1.19. The first-order chi connectivity index (χ1) is 11.7. The van der Waals surface area contributed by atoms with Gasteiger partial charge < -0.3 is 15.1 Å². The summed E-state index contributed by atoms with van der Waals surface area (Å²) in [5.41, 5.74) is 0.982. The molecule has 0 radical (unpaired) electrons. The number of nitrogens with zero attached hydrogens (tertiary/aromatic N) is 2. The molecule has 0 spiro atoms. The fourth-order valence-corrected chi connectivity index (χ4v) is 2.40. The lowest BCUT2D eigenvalue weighted by Crippen LogP contribution is -2.15. The molecule has 24 heavy (non-hydrogen) atoms. The summed E-state index contributed by atoms with van der Waals surface area (Å²) in [6.45, 7) is 0.657. The van der Waals surface area contributed by atoms with Gasteiger partial charge in [-0.25, -0.2) is 0 Å². The van der Waals surface area contributed by atoms with E-state index < -0.39 is 0 Å². The Morgan fingerprint density at radius 3 is 2.54 bits per heavy atom. The quantitative estimate of drug-likeness (QED) is 0.674. The van der Waals surface area contributed by atoms with E-state index in [1.165, 1.54) is 0 Å². The zero-order valence-electron chi connectivity index (χ0n) is 12.7. The third kappa shape index (κ3) is 4.42. The second-order valence-electron chi connectivity index (χ2n) is 5.01. The topological polar surface area (TPSA) is 80.0 Å². The van der Waals surface area contributed by atoms with Crippen molar-refractivity contribution in [2.24, 2.45) is 0 Å². The molecule has 6 nitrogen and oxygen atoms in total. The van der Waals surface area contributed by atoms with E-state index in [1.807, 2.05) is 42.5 Å². The minimum Gasteiger partial charge on any atom is -0.454 e. The van der Waals surface area contributed by atoms with Crippen LogP contribution in [0.3, 0.4) is 0 Å². The van der Waals surface area contributed by atoms with Gasteiger partial charge >= 0.3 is 0 Å². The standard InChI is InChI=1S/C17H15BrN4O2/c18-15-8-6-13(24-15)10-11-19-16-9-7-14(21-22-16)17(23)20-12-4-2-1-3-5-12/h1-9H,10-11H2,(H,19,22)(H,20,23). The maximum Gasteiger partial charge on any atom is 0.276 e. The lowest BCUT2D eigenvalue weighted by atomic mass is 10.3. The zero-order chi connectivity index (χ0) is 16.8. The van der Waals surface area contributed by atoms with Crippen molar-refractivity contribution in [2.75, 3.05) is 17.2 Å². The van der Waals surface area contributed by atoms with Gasteiger partial charge in [-0.3, -0.25) is 4.79 Å². The molecule has 2 aromatic heterocycles. The van der Waals surface area contributed by atoms with Gasteiger partial charge in [0.25, 0.3) is 5.91 Å². The van der Waals surface area contributed by atoms with E-state index in [4.69, 9.17) is 4.42 Å². The summed E-state index contributed by atoms with van der Waals surface area (Å²) in [4.78, 5) is 12.1. The maximum atomic E-state index is 12.1. The van der Waals surface area contributed by atoms with Gasteiger partial charge in [-0.1, -0.05) is 18.2 Å². The van der Waals surface area contributed by atoms with Crippen molar-refractivity contribution in [2.45, 2.75) is 6.42 Å². The molecule has 1 aromatic carbocycles. The summed E-state index contributed by atoms with van der Waals surface area (Å²) in [6, 6.07) is 16.4. The number of aromatic nitrogens is 2. The maximum absolute atomic E-state index is 12.1. The molecule has 0 atom stereocenters. The minimum absolute atomic E-state index is 0.263. The number of hydrogen-bond donors (Lipinski definition) is 2. The Balaban J connectivity index is 1.52. The number of benzene rings is 1. The van der Waals surface area contributed by atoms with E-state index in [0.29, 0.717) is 17.0 Å². The first kappa shape index (κ1) is 16.2. The second kappa shape index (κ2) is 7.74. The lowest BCUT2D eigenvalue weighted by molar-refractivity contribution is 0.102. The van der Waals surface area contributed by atoms with Gasteiger partial charge in [-0.15, -0.1) is 10.2 Å². The molecule has 0 unspecified atom stereocenters. The molecule has 122 valence electrons. The minimum atomic E-state index is -0.291. The van der Waals surface area contributed by atoms with Crippen molar-refractivity contribution in [1.82, 2.24) is 10.2 Å². The molecule has 0 fully saturated rings. The summed E-state index contributed by atoms with van der Waals surface area (Å²) < 4.78 is 6.13. The molecule has 0 bridgehead atoms. The van der Waals surface area contributed by atoms with Crippen LogP contribution in [0.15, 0.2) is 63.7 Å². The highest BCUT2D eigenvalue weighted by atomic mass is 79.9. The molecule has 3 rings (SSSR count). The third-order valence-corrected chi connectivity index (χ3v) is 3.66. The van der Waals surface area contributed by atoms with Crippen LogP contribution < -0.4 is 10.6 Å². The molecular weight excluding hydrogens is 372 g/mol. The number of carbonyl (C=O) groups excluding carboxylic acids is 1. The van der Waals surface area contributed by atoms with Crippen LogP contribution in [0.4, 0.5) is 11.5 Å². The molecule has 0 saturated carbocycles. The molecule has 0 aliphatic carbocycles.